The standard InChI is InChI=1S/C38H51ClN4O7S/c1-23(2)21-38(25(5)44,43(30-16-12-11-15-28(30)39)19-18-40-36(48)50-37(6,7)8)35(47)41-29(33(45)42-32(24(3)4)34(46)49-9)20-26-22-51-31-17-13-10-14-27(26)31/h10-17,22-24,29,32H,18-21H2,1-9H3,(H,40,48)(H,41,47)(H,42,45)/t29-,32-,38-/m1/s1. The fourth-order valence-electron chi connectivity index (χ4n) is 5.96. The zero-order chi connectivity index (χ0) is 38.1. The van der Waals surface area contributed by atoms with Crippen molar-refractivity contribution in [2.45, 2.75) is 91.5 Å². The minimum atomic E-state index is -1.87. The molecule has 3 atom stereocenters. The number of thiophene rings is 1. The van der Waals surface area contributed by atoms with E-state index in [1.165, 1.54) is 25.4 Å². The number of halogens is 1. The highest BCUT2D eigenvalue weighted by molar-refractivity contribution is 7.17. The molecular weight excluding hydrogens is 692 g/mol. The maximum absolute atomic E-state index is 15.0. The minimum Gasteiger partial charge on any atom is -0.467 e. The summed E-state index contributed by atoms with van der Waals surface area (Å²) in [6, 6.07) is 12.4. The summed E-state index contributed by atoms with van der Waals surface area (Å²) in [6.07, 6.45) is -0.526. The molecule has 0 bridgehead atoms. The van der Waals surface area contributed by atoms with E-state index in [1.54, 1.807) is 63.8 Å². The number of anilines is 1. The van der Waals surface area contributed by atoms with Crippen molar-refractivity contribution < 1.29 is 33.4 Å². The molecule has 3 rings (SSSR count). The van der Waals surface area contributed by atoms with E-state index in [0.717, 1.165) is 15.6 Å². The second-order valence-electron chi connectivity index (χ2n) is 14.3. The molecule has 11 nitrogen and oxygen atoms in total. The van der Waals surface area contributed by atoms with Gasteiger partial charge in [0, 0.05) is 24.2 Å². The van der Waals surface area contributed by atoms with Gasteiger partial charge in [-0.05, 0) is 80.5 Å². The maximum atomic E-state index is 15.0. The molecule has 0 saturated carbocycles. The van der Waals surface area contributed by atoms with Crippen LogP contribution in [0.25, 0.3) is 10.1 Å². The first-order chi connectivity index (χ1) is 23.9. The number of ether oxygens (including phenoxy) is 2. The first-order valence-corrected chi connectivity index (χ1v) is 18.3. The Morgan fingerprint density at radius 2 is 1.59 bits per heavy atom. The van der Waals surface area contributed by atoms with E-state index >= 15 is 0 Å². The molecule has 3 aromatic rings. The number of esters is 1. The lowest BCUT2D eigenvalue weighted by Crippen LogP contribution is -2.67. The number of ketones is 1. The summed E-state index contributed by atoms with van der Waals surface area (Å²) in [5, 5.41) is 11.6. The lowest BCUT2D eigenvalue weighted by atomic mass is 9.81. The largest absolute Gasteiger partial charge is 0.467 e. The molecule has 0 aliphatic heterocycles. The molecule has 0 saturated heterocycles. The van der Waals surface area contributed by atoms with E-state index in [1.807, 2.05) is 43.5 Å². The zero-order valence-corrected chi connectivity index (χ0v) is 32.5. The number of nitrogens with zero attached hydrogens (tertiary/aromatic N) is 1. The fourth-order valence-corrected chi connectivity index (χ4v) is 7.17. The van der Waals surface area contributed by atoms with Crippen LogP contribution in [0.3, 0.4) is 0 Å². The summed E-state index contributed by atoms with van der Waals surface area (Å²) in [5.41, 5.74) is -1.40. The Bertz CT molecular complexity index is 1700. The monoisotopic (exact) mass is 742 g/mol. The number of methoxy groups -OCH3 is 1. The van der Waals surface area contributed by atoms with E-state index < -0.39 is 52.9 Å². The van der Waals surface area contributed by atoms with Gasteiger partial charge in [-0.25, -0.2) is 9.59 Å². The van der Waals surface area contributed by atoms with Crippen LogP contribution in [0.15, 0.2) is 53.9 Å². The Morgan fingerprint density at radius 3 is 2.18 bits per heavy atom. The summed E-state index contributed by atoms with van der Waals surface area (Å²) in [7, 11) is 1.24. The van der Waals surface area contributed by atoms with Crippen LogP contribution in [0, 0.1) is 11.8 Å². The van der Waals surface area contributed by atoms with Gasteiger partial charge in [-0.15, -0.1) is 11.3 Å². The maximum Gasteiger partial charge on any atom is 0.407 e. The minimum absolute atomic E-state index is 0.000543. The molecule has 0 spiro atoms. The van der Waals surface area contributed by atoms with E-state index in [4.69, 9.17) is 21.1 Å². The molecule has 0 aliphatic rings. The Morgan fingerprint density at radius 1 is 0.941 bits per heavy atom. The van der Waals surface area contributed by atoms with E-state index in [0.29, 0.717) is 5.69 Å². The predicted molar refractivity (Wildman–Crippen MR) is 202 cm³/mol. The van der Waals surface area contributed by atoms with Crippen molar-refractivity contribution in [1.82, 2.24) is 16.0 Å². The predicted octanol–water partition coefficient (Wildman–Crippen LogP) is 6.30. The number of fused-ring (bicyclic) bond motifs is 1. The quantitative estimate of drug-likeness (QED) is 0.115. The van der Waals surface area contributed by atoms with Crippen LogP contribution in [0.2, 0.25) is 5.02 Å². The first kappa shape index (κ1) is 41.3. The Kier molecular flexibility index (Phi) is 14.4. The number of rotatable bonds is 16. The van der Waals surface area contributed by atoms with Crippen LogP contribution in [-0.4, -0.2) is 73.1 Å². The number of hydrogen-bond acceptors (Lipinski definition) is 9. The third-order valence-corrected chi connectivity index (χ3v) is 9.63. The molecule has 2 aromatic carbocycles. The van der Waals surface area contributed by atoms with Gasteiger partial charge in [0.2, 0.25) is 5.91 Å². The number of hydrogen-bond donors (Lipinski definition) is 3. The van der Waals surface area contributed by atoms with E-state index in [2.05, 4.69) is 16.0 Å². The molecule has 0 radical (unpaired) electrons. The number of carbonyl (C=O) groups is 5. The first-order valence-electron chi connectivity index (χ1n) is 17.1. The zero-order valence-electron chi connectivity index (χ0n) is 30.9. The van der Waals surface area contributed by atoms with Gasteiger partial charge in [-0.1, -0.05) is 69.6 Å². The van der Waals surface area contributed by atoms with Crippen molar-refractivity contribution in [2.24, 2.45) is 11.8 Å². The normalized spacial score (nSPS) is 14.0. The van der Waals surface area contributed by atoms with Gasteiger partial charge in [0.25, 0.3) is 5.91 Å². The number of nitrogens with one attached hydrogen (secondary N) is 3. The number of para-hydroxylation sites is 1. The molecule has 3 N–H and O–H groups in total. The molecule has 1 heterocycles. The molecule has 13 heteroatoms. The second kappa shape index (κ2) is 17.9. The van der Waals surface area contributed by atoms with Gasteiger partial charge < -0.3 is 30.3 Å². The van der Waals surface area contributed by atoms with Crippen molar-refractivity contribution in [3.05, 3.63) is 64.5 Å². The van der Waals surface area contributed by atoms with Crippen LogP contribution in [0.5, 0.6) is 0 Å². The van der Waals surface area contributed by atoms with Crippen LogP contribution < -0.4 is 20.9 Å². The second-order valence-corrected chi connectivity index (χ2v) is 15.6. The summed E-state index contributed by atoms with van der Waals surface area (Å²) in [4.78, 5) is 70.1. The fraction of sp³-hybridized carbons (Fsp3) is 0.500. The third-order valence-electron chi connectivity index (χ3n) is 8.30. The van der Waals surface area contributed by atoms with Crippen molar-refractivity contribution in [1.29, 1.82) is 0 Å². The Balaban J connectivity index is 2.14. The summed E-state index contributed by atoms with van der Waals surface area (Å²) in [6.45, 7) is 13.9. The molecule has 0 unspecified atom stereocenters. The van der Waals surface area contributed by atoms with Crippen molar-refractivity contribution >= 4 is 68.4 Å². The van der Waals surface area contributed by atoms with Crippen LogP contribution in [-0.2, 0) is 35.1 Å². The molecule has 1 aromatic heterocycles. The lowest BCUT2D eigenvalue weighted by Gasteiger charge is -2.44. The van der Waals surface area contributed by atoms with Crippen LogP contribution in [0.4, 0.5) is 10.5 Å². The van der Waals surface area contributed by atoms with Crippen molar-refractivity contribution in [3.63, 3.8) is 0 Å². The molecule has 0 fully saturated rings. The molecule has 0 aliphatic carbocycles. The van der Waals surface area contributed by atoms with E-state index in [-0.39, 0.29) is 42.8 Å². The van der Waals surface area contributed by atoms with Crippen molar-refractivity contribution in [2.75, 3.05) is 25.1 Å². The van der Waals surface area contributed by atoms with Crippen LogP contribution in [0.1, 0.15) is 67.4 Å². The Hall–Kier alpha value is -4.16. The van der Waals surface area contributed by atoms with Gasteiger partial charge in [-0.2, -0.15) is 0 Å². The summed E-state index contributed by atoms with van der Waals surface area (Å²) in [5.74, 6) is -2.93. The number of amides is 3. The average Bonchev–Trinajstić information content (AvgIpc) is 3.45. The van der Waals surface area contributed by atoms with Crippen LogP contribution >= 0.6 is 22.9 Å². The lowest BCUT2D eigenvalue weighted by molar-refractivity contribution is -0.146. The van der Waals surface area contributed by atoms with Gasteiger partial charge >= 0.3 is 12.1 Å². The smallest absolute Gasteiger partial charge is 0.407 e. The SMILES string of the molecule is COC(=O)[C@H](NC(=O)[C@@H](Cc1csc2ccccc12)NC(=O)[C@@](CC(C)C)(C(C)=O)N(CCNC(=O)OC(C)(C)C)c1ccccc1Cl)C(C)C. The highest BCUT2D eigenvalue weighted by Gasteiger charge is 2.50. The summed E-state index contributed by atoms with van der Waals surface area (Å²) < 4.78 is 11.4. The van der Waals surface area contributed by atoms with Gasteiger partial charge in [0.15, 0.2) is 11.3 Å². The Labute approximate surface area is 309 Å². The number of benzene rings is 2. The molecule has 278 valence electrons. The average molecular weight is 743 g/mol. The van der Waals surface area contributed by atoms with Gasteiger partial charge in [0.1, 0.15) is 17.7 Å². The highest BCUT2D eigenvalue weighted by Crippen LogP contribution is 2.36. The topological polar surface area (TPSA) is 143 Å². The van der Waals surface area contributed by atoms with Gasteiger partial charge in [0.05, 0.1) is 17.8 Å². The number of Topliss-reactive ketones (excluding diaryl/α,β-unsaturated/α-hetero) is 1. The summed E-state index contributed by atoms with van der Waals surface area (Å²) >= 11 is 8.24. The molecular formula is C38H51ClN4O7S. The number of carbonyl (C=O) groups excluding carboxylic acids is 5. The number of alkyl carbamates (subject to hydrolysis) is 1. The molecule has 51 heavy (non-hydrogen) atoms. The third kappa shape index (κ3) is 10.7. The van der Waals surface area contributed by atoms with Gasteiger partial charge in [-0.3, -0.25) is 14.4 Å². The highest BCUT2D eigenvalue weighted by atomic mass is 35.5. The van der Waals surface area contributed by atoms with Crippen molar-refractivity contribution in [3.8, 4) is 0 Å². The molecule has 3 amide bonds. The van der Waals surface area contributed by atoms with E-state index in [9.17, 15) is 24.0 Å².